The van der Waals surface area contributed by atoms with Crippen LogP contribution in [0.25, 0.3) is 0 Å². The van der Waals surface area contributed by atoms with Gasteiger partial charge in [-0.1, -0.05) is 104 Å². The quantitative estimate of drug-likeness (QED) is 0.244. The van der Waals surface area contributed by atoms with Crippen LogP contribution in [-0.2, 0) is 21.7 Å². The summed E-state index contributed by atoms with van der Waals surface area (Å²) in [5, 5.41) is 0. The third kappa shape index (κ3) is 5.85. The normalized spacial score (nSPS) is 12.1. The first kappa shape index (κ1) is 21.9. The highest BCUT2D eigenvalue weighted by Crippen LogP contribution is 2.43. The summed E-state index contributed by atoms with van der Waals surface area (Å²) in [6.45, 7) is -3.28. The van der Waals surface area contributed by atoms with Crippen LogP contribution in [0.1, 0.15) is 42.4 Å². The minimum Gasteiger partial charge on any atom is -0.325 e. The maximum atomic E-state index is 9.21. The fraction of sp³-hybridized carbons (Fsp3) is 0.250. The summed E-state index contributed by atoms with van der Waals surface area (Å²) in [7, 11) is 0. The predicted octanol–water partition coefficient (Wildman–Crippen LogP) is 5.81. The van der Waals surface area contributed by atoms with Crippen molar-refractivity contribution in [1.82, 2.24) is 0 Å². The van der Waals surface area contributed by atoms with Crippen LogP contribution >= 0.6 is 6.72 Å². The van der Waals surface area contributed by atoms with Gasteiger partial charge >= 0.3 is 6.72 Å². The van der Waals surface area contributed by atoms with Gasteiger partial charge in [0.2, 0.25) is 0 Å². The van der Waals surface area contributed by atoms with E-state index in [4.69, 9.17) is 4.52 Å². The summed E-state index contributed by atoms with van der Waals surface area (Å²) in [5.41, 5.74) is 3.58. The maximum Gasteiger partial charge on any atom is 0.321 e. The van der Waals surface area contributed by atoms with Crippen LogP contribution in [0.4, 0.5) is 0 Å². The van der Waals surface area contributed by atoms with Crippen molar-refractivity contribution in [2.24, 2.45) is 0 Å². The van der Waals surface area contributed by atoms with Crippen LogP contribution in [0.2, 0.25) is 0 Å². The lowest BCUT2D eigenvalue weighted by Crippen LogP contribution is -2.29. The Morgan fingerprint density at radius 1 is 0.655 bits per heavy atom. The standard InChI is InChI=1S/C24H27O3PS/c25-28(26,29)27-20-12-4-11-19-24(21-13-5-1-6-14-21,22-15-7-2-8-16-22)23-17-9-3-10-18-23/h1-3,5-10,13-18H,4,11-12,19-20H2,(H2,25,26,29). The molecular formula is C24H27O3PS. The Hall–Kier alpha value is -1.81. The van der Waals surface area contributed by atoms with Gasteiger partial charge in [0.15, 0.2) is 0 Å². The first-order chi connectivity index (χ1) is 14.0. The Bertz CT molecular complexity index is 814. The minimum absolute atomic E-state index is 0.243. The molecule has 0 aliphatic carbocycles. The molecule has 0 saturated heterocycles. The highest BCUT2D eigenvalue weighted by atomic mass is 32.5. The molecular weight excluding hydrogens is 399 g/mol. The average Bonchev–Trinajstić information content (AvgIpc) is 2.75. The molecule has 0 fully saturated rings. The monoisotopic (exact) mass is 426 g/mol. The van der Waals surface area contributed by atoms with Crippen LogP contribution in [0.15, 0.2) is 91.0 Å². The molecule has 0 aliphatic rings. The SMILES string of the molecule is OP(O)(=S)OCCCCCC(c1ccccc1)(c1ccccc1)c1ccccc1. The lowest BCUT2D eigenvalue weighted by molar-refractivity contribution is 0.244. The van der Waals surface area contributed by atoms with Gasteiger partial charge in [-0.25, -0.2) is 0 Å². The van der Waals surface area contributed by atoms with Gasteiger partial charge in [0.25, 0.3) is 0 Å². The average molecular weight is 427 g/mol. The Balaban J connectivity index is 1.90. The van der Waals surface area contributed by atoms with Gasteiger partial charge in [0.05, 0.1) is 6.61 Å². The zero-order valence-electron chi connectivity index (χ0n) is 16.4. The Morgan fingerprint density at radius 2 is 1.07 bits per heavy atom. The molecule has 0 amide bonds. The Morgan fingerprint density at radius 3 is 1.45 bits per heavy atom. The third-order valence-electron chi connectivity index (χ3n) is 5.26. The first-order valence-corrected chi connectivity index (χ1v) is 12.5. The summed E-state index contributed by atoms with van der Waals surface area (Å²) in [5.74, 6) is 0. The van der Waals surface area contributed by atoms with E-state index in [1.807, 2.05) is 0 Å². The third-order valence-corrected chi connectivity index (χ3v) is 6.09. The molecule has 152 valence electrons. The first-order valence-electron chi connectivity index (χ1n) is 9.89. The number of benzene rings is 3. The molecule has 0 aliphatic heterocycles. The molecule has 29 heavy (non-hydrogen) atoms. The van der Waals surface area contributed by atoms with E-state index in [2.05, 4.69) is 103 Å². The van der Waals surface area contributed by atoms with Crippen molar-refractivity contribution in [2.45, 2.75) is 31.1 Å². The van der Waals surface area contributed by atoms with Crippen LogP contribution in [-0.4, -0.2) is 16.4 Å². The summed E-state index contributed by atoms with van der Waals surface area (Å²) in [6.07, 6.45) is 3.58. The van der Waals surface area contributed by atoms with E-state index in [1.54, 1.807) is 0 Å². The second-order valence-electron chi connectivity index (χ2n) is 7.14. The molecule has 0 aromatic heterocycles. The van der Waals surface area contributed by atoms with Crippen LogP contribution in [0.5, 0.6) is 0 Å². The molecule has 0 bridgehead atoms. The fourth-order valence-electron chi connectivity index (χ4n) is 3.95. The van der Waals surface area contributed by atoms with Gasteiger partial charge in [-0.3, -0.25) is 0 Å². The van der Waals surface area contributed by atoms with Gasteiger partial charge < -0.3 is 14.3 Å². The van der Waals surface area contributed by atoms with E-state index < -0.39 is 6.72 Å². The molecule has 0 saturated carbocycles. The van der Waals surface area contributed by atoms with E-state index >= 15 is 0 Å². The second-order valence-corrected chi connectivity index (χ2v) is 9.80. The minimum atomic E-state index is -3.56. The van der Waals surface area contributed by atoms with Gasteiger partial charge in [-0.05, 0) is 41.3 Å². The summed E-state index contributed by atoms with van der Waals surface area (Å²) in [4.78, 5) is 18.4. The molecule has 2 N–H and O–H groups in total. The number of hydrogen-bond acceptors (Lipinski definition) is 2. The molecule has 3 aromatic carbocycles. The van der Waals surface area contributed by atoms with Crippen LogP contribution < -0.4 is 0 Å². The zero-order chi connectivity index (χ0) is 20.6. The predicted molar refractivity (Wildman–Crippen MR) is 122 cm³/mol. The van der Waals surface area contributed by atoms with Gasteiger partial charge in [0, 0.05) is 5.41 Å². The molecule has 0 unspecified atom stereocenters. The van der Waals surface area contributed by atoms with E-state index in [0.717, 1.165) is 25.7 Å². The van der Waals surface area contributed by atoms with E-state index in [0.29, 0.717) is 0 Å². The topological polar surface area (TPSA) is 49.7 Å². The van der Waals surface area contributed by atoms with Crippen molar-refractivity contribution in [3.63, 3.8) is 0 Å². The van der Waals surface area contributed by atoms with Gasteiger partial charge in [-0.15, -0.1) is 0 Å². The Labute approximate surface area is 178 Å². The van der Waals surface area contributed by atoms with Crippen molar-refractivity contribution in [3.8, 4) is 0 Å². The van der Waals surface area contributed by atoms with E-state index in [9.17, 15) is 9.79 Å². The lowest BCUT2D eigenvalue weighted by atomic mass is 9.66. The van der Waals surface area contributed by atoms with Crippen LogP contribution in [0.3, 0.4) is 0 Å². The van der Waals surface area contributed by atoms with Crippen LogP contribution in [0, 0.1) is 0 Å². The number of rotatable bonds is 10. The largest absolute Gasteiger partial charge is 0.325 e. The summed E-state index contributed by atoms with van der Waals surface area (Å²) >= 11 is 4.51. The van der Waals surface area contributed by atoms with Crippen molar-refractivity contribution in [3.05, 3.63) is 108 Å². The number of unbranched alkanes of at least 4 members (excludes halogenated alkanes) is 2. The van der Waals surface area contributed by atoms with Gasteiger partial charge in [0.1, 0.15) is 0 Å². The van der Waals surface area contributed by atoms with Crippen molar-refractivity contribution < 1.29 is 14.3 Å². The van der Waals surface area contributed by atoms with Crippen molar-refractivity contribution in [2.75, 3.05) is 6.61 Å². The van der Waals surface area contributed by atoms with E-state index in [-0.39, 0.29) is 12.0 Å². The zero-order valence-corrected chi connectivity index (χ0v) is 18.1. The summed E-state index contributed by atoms with van der Waals surface area (Å²) in [6, 6.07) is 32.0. The van der Waals surface area contributed by atoms with E-state index in [1.165, 1.54) is 16.7 Å². The van der Waals surface area contributed by atoms with Crippen molar-refractivity contribution in [1.29, 1.82) is 0 Å². The van der Waals surface area contributed by atoms with Crippen molar-refractivity contribution >= 4 is 18.5 Å². The molecule has 0 atom stereocenters. The molecule has 3 aromatic rings. The second kappa shape index (κ2) is 10.3. The fourth-order valence-corrected chi connectivity index (χ4v) is 4.54. The smallest absolute Gasteiger partial charge is 0.321 e. The number of hydrogen-bond donors (Lipinski definition) is 2. The molecule has 0 radical (unpaired) electrons. The summed E-state index contributed by atoms with van der Waals surface area (Å²) < 4.78 is 4.95. The maximum absolute atomic E-state index is 9.21. The Kier molecular flexibility index (Phi) is 7.77. The highest BCUT2D eigenvalue weighted by molar-refractivity contribution is 8.06. The molecule has 0 spiro atoms. The molecule has 3 nitrogen and oxygen atoms in total. The molecule has 0 heterocycles. The molecule has 3 rings (SSSR count). The lowest BCUT2D eigenvalue weighted by Gasteiger charge is -2.36. The molecule has 5 heteroatoms. The highest BCUT2D eigenvalue weighted by Gasteiger charge is 2.35. The van der Waals surface area contributed by atoms with Gasteiger partial charge in [-0.2, -0.15) is 0 Å².